The molecule has 0 radical (unpaired) electrons. The van der Waals surface area contributed by atoms with E-state index >= 15 is 0 Å². The van der Waals surface area contributed by atoms with E-state index in [2.05, 4.69) is 37.8 Å². The lowest BCUT2D eigenvalue weighted by Gasteiger charge is -2.20. The lowest BCUT2D eigenvalue weighted by atomic mass is 10.00. The van der Waals surface area contributed by atoms with E-state index < -0.39 is 0 Å². The van der Waals surface area contributed by atoms with E-state index in [0.717, 1.165) is 32.8 Å². The van der Waals surface area contributed by atoms with Gasteiger partial charge in [0.05, 0.1) is 13.2 Å². The molecule has 0 fully saturated rings. The molecule has 1 aromatic carbocycles. The van der Waals surface area contributed by atoms with Crippen LogP contribution in [0.25, 0.3) is 0 Å². The van der Waals surface area contributed by atoms with E-state index in [1.807, 2.05) is 0 Å². The van der Waals surface area contributed by atoms with Crippen molar-refractivity contribution in [2.24, 2.45) is 0 Å². The fraction of sp³-hybridized carbons (Fsp3) is 0.571. The first-order valence-corrected chi connectivity index (χ1v) is 6.16. The summed E-state index contributed by atoms with van der Waals surface area (Å²) in [6, 6.07) is 4.57. The summed E-state index contributed by atoms with van der Waals surface area (Å²) in [6.07, 6.45) is 0. The highest BCUT2D eigenvalue weighted by Crippen LogP contribution is 2.26. The molecule has 0 atom stereocenters. The SMILES string of the molecule is CCN(CC)Cc1cc(C)cc2c1COC2. The number of benzene rings is 1. The predicted octanol–water partition coefficient (Wildman–Crippen LogP) is 2.87. The van der Waals surface area contributed by atoms with Crippen LogP contribution in [-0.4, -0.2) is 18.0 Å². The average Bonchev–Trinajstić information content (AvgIpc) is 2.73. The number of nitrogens with zero attached hydrogens (tertiary/aromatic N) is 1. The molecule has 0 aliphatic carbocycles. The first kappa shape index (κ1) is 11.6. The second-order valence-electron chi connectivity index (χ2n) is 4.52. The van der Waals surface area contributed by atoms with Crippen molar-refractivity contribution < 1.29 is 4.74 Å². The zero-order chi connectivity index (χ0) is 11.5. The maximum absolute atomic E-state index is 5.54. The van der Waals surface area contributed by atoms with Gasteiger partial charge >= 0.3 is 0 Å². The van der Waals surface area contributed by atoms with Gasteiger partial charge in [-0.25, -0.2) is 0 Å². The van der Waals surface area contributed by atoms with Crippen molar-refractivity contribution in [2.75, 3.05) is 13.1 Å². The number of ether oxygens (including phenoxy) is 1. The molecule has 0 saturated heterocycles. The summed E-state index contributed by atoms with van der Waals surface area (Å²) in [5.41, 5.74) is 5.63. The molecule has 1 aromatic rings. The Morgan fingerprint density at radius 2 is 1.94 bits per heavy atom. The van der Waals surface area contributed by atoms with Crippen LogP contribution >= 0.6 is 0 Å². The van der Waals surface area contributed by atoms with Gasteiger partial charge in [-0.2, -0.15) is 0 Å². The normalized spacial score (nSPS) is 14.5. The highest BCUT2D eigenvalue weighted by atomic mass is 16.5. The number of hydrogen-bond acceptors (Lipinski definition) is 2. The molecule has 16 heavy (non-hydrogen) atoms. The van der Waals surface area contributed by atoms with E-state index in [4.69, 9.17) is 4.74 Å². The molecular weight excluding hydrogens is 198 g/mol. The Bertz CT molecular complexity index is 369. The quantitative estimate of drug-likeness (QED) is 0.772. The Kier molecular flexibility index (Phi) is 3.62. The second-order valence-corrected chi connectivity index (χ2v) is 4.52. The second kappa shape index (κ2) is 4.98. The fourth-order valence-electron chi connectivity index (χ4n) is 2.38. The third kappa shape index (κ3) is 2.28. The Morgan fingerprint density at radius 1 is 1.19 bits per heavy atom. The summed E-state index contributed by atoms with van der Waals surface area (Å²) in [5.74, 6) is 0. The van der Waals surface area contributed by atoms with Crippen molar-refractivity contribution in [3.05, 3.63) is 34.4 Å². The molecule has 1 heterocycles. The van der Waals surface area contributed by atoms with Gasteiger partial charge in [0, 0.05) is 6.54 Å². The van der Waals surface area contributed by atoms with E-state index in [1.54, 1.807) is 0 Å². The Labute approximate surface area is 98.2 Å². The highest BCUT2D eigenvalue weighted by molar-refractivity contribution is 5.40. The minimum atomic E-state index is 0.794. The Morgan fingerprint density at radius 3 is 2.62 bits per heavy atom. The van der Waals surface area contributed by atoms with Crippen LogP contribution in [0, 0.1) is 6.92 Å². The van der Waals surface area contributed by atoms with E-state index in [0.29, 0.717) is 0 Å². The third-order valence-electron chi connectivity index (χ3n) is 3.37. The summed E-state index contributed by atoms with van der Waals surface area (Å²) in [7, 11) is 0. The molecule has 2 nitrogen and oxygen atoms in total. The number of fused-ring (bicyclic) bond motifs is 1. The zero-order valence-electron chi connectivity index (χ0n) is 10.5. The van der Waals surface area contributed by atoms with Crippen LogP contribution in [0.4, 0.5) is 0 Å². The van der Waals surface area contributed by atoms with Crippen LogP contribution in [0.5, 0.6) is 0 Å². The first-order chi connectivity index (χ1) is 7.74. The molecule has 88 valence electrons. The van der Waals surface area contributed by atoms with Crippen LogP contribution in [0.3, 0.4) is 0 Å². The van der Waals surface area contributed by atoms with Gasteiger partial charge in [-0.1, -0.05) is 31.5 Å². The molecular formula is C14H21NO. The van der Waals surface area contributed by atoms with Crippen molar-refractivity contribution in [3.8, 4) is 0 Å². The molecule has 0 N–H and O–H groups in total. The average molecular weight is 219 g/mol. The zero-order valence-corrected chi connectivity index (χ0v) is 10.5. The summed E-state index contributed by atoms with van der Waals surface area (Å²) in [6.45, 7) is 11.5. The van der Waals surface area contributed by atoms with Gasteiger partial charge in [0.25, 0.3) is 0 Å². The first-order valence-electron chi connectivity index (χ1n) is 6.16. The van der Waals surface area contributed by atoms with Gasteiger partial charge in [0.15, 0.2) is 0 Å². The van der Waals surface area contributed by atoms with Gasteiger partial charge < -0.3 is 4.74 Å². The summed E-state index contributed by atoms with van der Waals surface area (Å²) >= 11 is 0. The van der Waals surface area contributed by atoms with Crippen LogP contribution in [0.2, 0.25) is 0 Å². The van der Waals surface area contributed by atoms with Crippen LogP contribution < -0.4 is 0 Å². The molecule has 0 spiro atoms. The number of rotatable bonds is 4. The van der Waals surface area contributed by atoms with Gasteiger partial charge in [-0.15, -0.1) is 0 Å². The van der Waals surface area contributed by atoms with Gasteiger partial charge in [-0.05, 0) is 36.7 Å². The molecule has 0 amide bonds. The standard InChI is InChI=1S/C14H21NO/c1-4-15(5-2)8-12-6-11(3)7-13-9-16-10-14(12)13/h6-7H,4-5,8-10H2,1-3H3. The van der Waals surface area contributed by atoms with Crippen molar-refractivity contribution >= 4 is 0 Å². The molecule has 0 bridgehead atoms. The Balaban J connectivity index is 2.26. The maximum atomic E-state index is 5.54. The molecule has 0 aromatic heterocycles. The smallest absolute Gasteiger partial charge is 0.0728 e. The lowest BCUT2D eigenvalue weighted by Crippen LogP contribution is -2.23. The van der Waals surface area contributed by atoms with Crippen molar-refractivity contribution in [3.63, 3.8) is 0 Å². The van der Waals surface area contributed by atoms with Crippen LogP contribution in [-0.2, 0) is 24.5 Å². The minimum Gasteiger partial charge on any atom is -0.372 e. The molecule has 2 heteroatoms. The maximum Gasteiger partial charge on any atom is 0.0728 e. The summed E-state index contributed by atoms with van der Waals surface area (Å²) in [4.78, 5) is 2.45. The monoisotopic (exact) mass is 219 g/mol. The van der Waals surface area contributed by atoms with Crippen molar-refractivity contribution in [1.82, 2.24) is 4.90 Å². The van der Waals surface area contributed by atoms with Gasteiger partial charge in [0.2, 0.25) is 0 Å². The molecule has 1 aliphatic rings. The predicted molar refractivity (Wildman–Crippen MR) is 66.3 cm³/mol. The van der Waals surface area contributed by atoms with Gasteiger partial charge in [-0.3, -0.25) is 4.90 Å². The van der Waals surface area contributed by atoms with Crippen LogP contribution in [0.15, 0.2) is 12.1 Å². The lowest BCUT2D eigenvalue weighted by molar-refractivity contribution is 0.134. The van der Waals surface area contributed by atoms with E-state index in [-0.39, 0.29) is 0 Å². The molecule has 0 unspecified atom stereocenters. The number of aryl methyl sites for hydroxylation is 1. The van der Waals surface area contributed by atoms with E-state index in [1.165, 1.54) is 22.3 Å². The van der Waals surface area contributed by atoms with Crippen molar-refractivity contribution in [2.45, 2.75) is 40.5 Å². The molecule has 0 saturated carbocycles. The van der Waals surface area contributed by atoms with Crippen LogP contribution in [0.1, 0.15) is 36.1 Å². The number of hydrogen-bond donors (Lipinski definition) is 0. The minimum absolute atomic E-state index is 0.794. The highest BCUT2D eigenvalue weighted by Gasteiger charge is 2.16. The molecule has 2 rings (SSSR count). The van der Waals surface area contributed by atoms with E-state index in [9.17, 15) is 0 Å². The topological polar surface area (TPSA) is 12.5 Å². The van der Waals surface area contributed by atoms with Crippen molar-refractivity contribution in [1.29, 1.82) is 0 Å². The Hall–Kier alpha value is -0.860. The summed E-state index contributed by atoms with van der Waals surface area (Å²) < 4.78 is 5.54. The third-order valence-corrected chi connectivity index (χ3v) is 3.37. The largest absolute Gasteiger partial charge is 0.372 e. The van der Waals surface area contributed by atoms with Gasteiger partial charge in [0.1, 0.15) is 0 Å². The fourth-order valence-corrected chi connectivity index (χ4v) is 2.38. The summed E-state index contributed by atoms with van der Waals surface area (Å²) in [5, 5.41) is 0. The molecule has 1 aliphatic heterocycles.